The average Bonchev–Trinajstić information content (AvgIpc) is 3.00. The van der Waals surface area contributed by atoms with Crippen molar-refractivity contribution in [1.29, 1.82) is 0 Å². The summed E-state index contributed by atoms with van der Waals surface area (Å²) in [5.41, 5.74) is 1.11. The molecule has 7 heteroatoms. The minimum Gasteiger partial charge on any atom is -0.494 e. The molecule has 0 unspecified atom stereocenters. The second kappa shape index (κ2) is 8.12. The summed E-state index contributed by atoms with van der Waals surface area (Å²) >= 11 is 0. The van der Waals surface area contributed by atoms with E-state index in [0.29, 0.717) is 23.5 Å². The summed E-state index contributed by atoms with van der Waals surface area (Å²) in [5, 5.41) is 3.11. The standard InChI is InChI=1S/C21H20FNO5/c1-4-26-14-9-10-18-15(11-14)12(2)19(28-18)21(25)27-13(3)20(24)23-17-8-6-5-7-16(17)22/h5-11,13H,4H2,1-3H3,(H,23,24)/t13-/m0/s1. The lowest BCUT2D eigenvalue weighted by Gasteiger charge is -2.13. The molecule has 0 saturated heterocycles. The first-order chi connectivity index (χ1) is 13.4. The van der Waals surface area contributed by atoms with E-state index in [-0.39, 0.29) is 11.4 Å². The van der Waals surface area contributed by atoms with Gasteiger partial charge < -0.3 is 19.2 Å². The van der Waals surface area contributed by atoms with Gasteiger partial charge in [-0.25, -0.2) is 9.18 Å². The fourth-order valence-electron chi connectivity index (χ4n) is 2.72. The predicted octanol–water partition coefficient (Wildman–Crippen LogP) is 4.46. The topological polar surface area (TPSA) is 77.8 Å². The molecular formula is C21H20FNO5. The van der Waals surface area contributed by atoms with E-state index in [0.717, 1.165) is 5.39 Å². The molecule has 1 heterocycles. The SMILES string of the molecule is CCOc1ccc2oc(C(=O)O[C@@H](C)C(=O)Nc3ccccc3F)c(C)c2c1. The summed E-state index contributed by atoms with van der Waals surface area (Å²) in [4.78, 5) is 24.7. The molecule has 3 aromatic rings. The van der Waals surface area contributed by atoms with Gasteiger partial charge in [0, 0.05) is 10.9 Å². The Labute approximate surface area is 161 Å². The van der Waals surface area contributed by atoms with Crippen LogP contribution in [-0.4, -0.2) is 24.6 Å². The maximum Gasteiger partial charge on any atom is 0.375 e. The van der Waals surface area contributed by atoms with Crippen molar-refractivity contribution in [2.75, 3.05) is 11.9 Å². The number of carbonyl (C=O) groups excluding carboxylic acids is 2. The lowest BCUT2D eigenvalue weighted by Crippen LogP contribution is -2.30. The molecule has 1 amide bonds. The number of furan rings is 1. The van der Waals surface area contributed by atoms with Gasteiger partial charge in [-0.3, -0.25) is 4.79 Å². The zero-order valence-electron chi connectivity index (χ0n) is 15.7. The van der Waals surface area contributed by atoms with Crippen LogP contribution in [0.25, 0.3) is 11.0 Å². The largest absolute Gasteiger partial charge is 0.494 e. The van der Waals surface area contributed by atoms with Gasteiger partial charge in [0.1, 0.15) is 17.1 Å². The van der Waals surface area contributed by atoms with E-state index in [2.05, 4.69) is 5.32 Å². The van der Waals surface area contributed by atoms with Crippen molar-refractivity contribution in [3.8, 4) is 5.75 Å². The highest BCUT2D eigenvalue weighted by Crippen LogP contribution is 2.29. The third kappa shape index (κ3) is 3.98. The highest BCUT2D eigenvalue weighted by atomic mass is 19.1. The van der Waals surface area contributed by atoms with Crippen LogP contribution in [-0.2, 0) is 9.53 Å². The first-order valence-electron chi connectivity index (χ1n) is 8.83. The number of hydrogen-bond acceptors (Lipinski definition) is 5. The Morgan fingerprint density at radius 1 is 1.21 bits per heavy atom. The van der Waals surface area contributed by atoms with Gasteiger partial charge in [-0.15, -0.1) is 0 Å². The molecule has 0 fully saturated rings. The van der Waals surface area contributed by atoms with E-state index in [1.54, 1.807) is 31.2 Å². The highest BCUT2D eigenvalue weighted by molar-refractivity contribution is 5.99. The molecule has 0 aliphatic carbocycles. The molecule has 0 spiro atoms. The van der Waals surface area contributed by atoms with Gasteiger partial charge in [-0.2, -0.15) is 0 Å². The Hall–Kier alpha value is -3.35. The number of halogens is 1. The maximum atomic E-state index is 13.7. The van der Waals surface area contributed by atoms with Crippen molar-refractivity contribution in [1.82, 2.24) is 0 Å². The zero-order chi connectivity index (χ0) is 20.3. The smallest absolute Gasteiger partial charge is 0.375 e. The fourth-order valence-corrected chi connectivity index (χ4v) is 2.72. The van der Waals surface area contributed by atoms with Gasteiger partial charge in [-0.05, 0) is 51.1 Å². The molecule has 6 nitrogen and oxygen atoms in total. The molecule has 1 N–H and O–H groups in total. The third-order valence-electron chi connectivity index (χ3n) is 4.19. The normalized spacial score (nSPS) is 11.9. The van der Waals surface area contributed by atoms with E-state index in [4.69, 9.17) is 13.9 Å². The minimum absolute atomic E-state index is 0.00851. The Morgan fingerprint density at radius 2 is 1.96 bits per heavy atom. The number of nitrogens with one attached hydrogen (secondary N) is 1. The number of carbonyl (C=O) groups is 2. The number of benzene rings is 2. The first kappa shape index (κ1) is 19.4. The quantitative estimate of drug-likeness (QED) is 0.634. The van der Waals surface area contributed by atoms with Crippen LogP contribution in [0.15, 0.2) is 46.9 Å². The van der Waals surface area contributed by atoms with Gasteiger partial charge in [0.25, 0.3) is 5.91 Å². The van der Waals surface area contributed by atoms with E-state index in [1.165, 1.54) is 25.1 Å². The number of amides is 1. The molecule has 2 aromatic carbocycles. The van der Waals surface area contributed by atoms with Crippen LogP contribution < -0.4 is 10.1 Å². The van der Waals surface area contributed by atoms with Crippen molar-refractivity contribution >= 4 is 28.5 Å². The van der Waals surface area contributed by atoms with Crippen molar-refractivity contribution in [2.24, 2.45) is 0 Å². The van der Waals surface area contributed by atoms with Gasteiger partial charge >= 0.3 is 5.97 Å². The first-order valence-corrected chi connectivity index (χ1v) is 8.83. The van der Waals surface area contributed by atoms with Crippen molar-refractivity contribution in [3.05, 3.63) is 59.6 Å². The molecular weight excluding hydrogens is 365 g/mol. The second-order valence-electron chi connectivity index (χ2n) is 6.16. The molecule has 146 valence electrons. The van der Waals surface area contributed by atoms with Crippen LogP contribution in [0.4, 0.5) is 10.1 Å². The molecule has 0 aliphatic rings. The van der Waals surface area contributed by atoms with E-state index in [9.17, 15) is 14.0 Å². The molecule has 1 aromatic heterocycles. The summed E-state index contributed by atoms with van der Waals surface area (Å²) in [5.74, 6) is -1.33. The molecule has 0 saturated carbocycles. The number of rotatable bonds is 6. The molecule has 0 bridgehead atoms. The van der Waals surface area contributed by atoms with Crippen LogP contribution in [0.2, 0.25) is 0 Å². The highest BCUT2D eigenvalue weighted by Gasteiger charge is 2.25. The number of hydrogen-bond donors (Lipinski definition) is 1. The number of esters is 1. The second-order valence-corrected chi connectivity index (χ2v) is 6.16. The van der Waals surface area contributed by atoms with Crippen molar-refractivity contribution in [3.63, 3.8) is 0 Å². The van der Waals surface area contributed by atoms with Crippen molar-refractivity contribution < 1.29 is 27.9 Å². The molecule has 0 aliphatic heterocycles. The Kier molecular flexibility index (Phi) is 5.63. The number of ether oxygens (including phenoxy) is 2. The maximum absolute atomic E-state index is 13.7. The number of anilines is 1. The van der Waals surface area contributed by atoms with E-state index < -0.39 is 23.8 Å². The minimum atomic E-state index is -1.14. The van der Waals surface area contributed by atoms with Gasteiger partial charge in [0.15, 0.2) is 6.10 Å². The van der Waals surface area contributed by atoms with Crippen LogP contribution in [0, 0.1) is 12.7 Å². The lowest BCUT2D eigenvalue weighted by atomic mass is 10.1. The molecule has 0 radical (unpaired) electrons. The Balaban J connectivity index is 1.74. The summed E-state index contributed by atoms with van der Waals surface area (Å²) in [6.07, 6.45) is -1.14. The Morgan fingerprint density at radius 3 is 2.68 bits per heavy atom. The number of para-hydroxylation sites is 1. The summed E-state index contributed by atoms with van der Waals surface area (Å²) in [6.45, 7) is 5.52. The van der Waals surface area contributed by atoms with Crippen LogP contribution in [0.1, 0.15) is 30.0 Å². The summed E-state index contributed by atoms with van der Waals surface area (Å²) in [7, 11) is 0. The van der Waals surface area contributed by atoms with Gasteiger partial charge in [0.2, 0.25) is 5.76 Å². The number of fused-ring (bicyclic) bond motifs is 1. The van der Waals surface area contributed by atoms with Crippen molar-refractivity contribution in [2.45, 2.75) is 26.9 Å². The lowest BCUT2D eigenvalue weighted by molar-refractivity contribution is -0.123. The number of aryl methyl sites for hydroxylation is 1. The fraction of sp³-hybridized carbons (Fsp3) is 0.238. The Bertz CT molecular complexity index is 1030. The van der Waals surface area contributed by atoms with Crippen LogP contribution in [0.5, 0.6) is 5.75 Å². The molecule has 28 heavy (non-hydrogen) atoms. The van der Waals surface area contributed by atoms with Crippen LogP contribution >= 0.6 is 0 Å². The molecule has 1 atom stereocenters. The van der Waals surface area contributed by atoms with E-state index in [1.807, 2.05) is 6.92 Å². The predicted molar refractivity (Wildman–Crippen MR) is 102 cm³/mol. The molecule has 3 rings (SSSR count). The summed E-state index contributed by atoms with van der Waals surface area (Å²) in [6, 6.07) is 11.0. The average molecular weight is 385 g/mol. The van der Waals surface area contributed by atoms with Gasteiger partial charge in [0.05, 0.1) is 12.3 Å². The van der Waals surface area contributed by atoms with Gasteiger partial charge in [-0.1, -0.05) is 12.1 Å². The van der Waals surface area contributed by atoms with Crippen LogP contribution in [0.3, 0.4) is 0 Å². The summed E-state index contributed by atoms with van der Waals surface area (Å²) < 4.78 is 29.9. The van der Waals surface area contributed by atoms with E-state index >= 15 is 0 Å². The third-order valence-corrected chi connectivity index (χ3v) is 4.19. The zero-order valence-corrected chi connectivity index (χ0v) is 15.7. The monoisotopic (exact) mass is 385 g/mol.